The van der Waals surface area contributed by atoms with Gasteiger partial charge in [0.25, 0.3) is 0 Å². The number of aromatic nitrogens is 3. The fraction of sp³-hybridized carbons (Fsp3) is 0.200. The molecule has 2 rings (SSSR count). The lowest BCUT2D eigenvalue weighted by Gasteiger charge is -2.05. The van der Waals surface area contributed by atoms with Crippen LogP contribution in [0.3, 0.4) is 0 Å². The highest BCUT2D eigenvalue weighted by Gasteiger charge is 2.13. The van der Waals surface area contributed by atoms with Gasteiger partial charge >= 0.3 is 0 Å². The Bertz CT molecular complexity index is 678. The Balaban J connectivity index is 2.46. The summed E-state index contributed by atoms with van der Waals surface area (Å²) in [5.74, 6) is 0. The fourth-order valence-corrected chi connectivity index (χ4v) is 2.11. The molecule has 1 aromatic carbocycles. The monoisotopic (exact) mass is 284 g/mol. The van der Waals surface area contributed by atoms with Gasteiger partial charge in [0.15, 0.2) is 0 Å². The second-order valence-corrected chi connectivity index (χ2v) is 5.31. The maximum absolute atomic E-state index is 11.1. The normalized spacial score (nSPS) is 11.7. The summed E-state index contributed by atoms with van der Waals surface area (Å²) in [6, 6.07) is 5.61. The molecule has 0 atom stereocenters. The Kier molecular flexibility index (Phi) is 3.62. The second kappa shape index (κ2) is 5.05. The third kappa shape index (κ3) is 2.63. The van der Waals surface area contributed by atoms with Crippen molar-refractivity contribution >= 4 is 10.0 Å². The predicted octanol–water partition coefficient (Wildman–Crippen LogP) is -1.10. The molecule has 9 heteroatoms. The number of nitrogens with zero attached hydrogens (tertiary/aromatic N) is 3. The van der Waals surface area contributed by atoms with E-state index in [0.29, 0.717) is 11.4 Å². The summed E-state index contributed by atoms with van der Waals surface area (Å²) >= 11 is 0. The van der Waals surface area contributed by atoms with Gasteiger partial charge in [-0.15, -0.1) is 5.10 Å². The molecule has 0 amide bonds. The first kappa shape index (κ1) is 13.6. The molecule has 2 aromatic rings. The lowest BCUT2D eigenvalue weighted by molar-refractivity contribution is 0.253. The van der Waals surface area contributed by atoms with E-state index < -0.39 is 10.0 Å². The molecule has 102 valence electrons. The molecule has 0 bridgehead atoms. The molecule has 0 saturated heterocycles. The van der Waals surface area contributed by atoms with Gasteiger partial charge < -0.3 is 10.2 Å². The van der Waals surface area contributed by atoms with Gasteiger partial charge in [0.05, 0.1) is 29.5 Å². The largest absolute Gasteiger partial charge is 0.390 e. The Hall–Kier alpha value is -1.81. The van der Waals surface area contributed by atoms with E-state index in [9.17, 15) is 13.5 Å². The summed E-state index contributed by atoms with van der Waals surface area (Å²) in [5, 5.41) is 30.8. The lowest BCUT2D eigenvalue weighted by atomic mass is 10.3. The van der Waals surface area contributed by atoms with Gasteiger partial charge in [0.1, 0.15) is 5.69 Å². The number of hydrogen-bond acceptors (Lipinski definition) is 6. The molecule has 8 nitrogen and oxygen atoms in total. The van der Waals surface area contributed by atoms with Gasteiger partial charge in [-0.1, -0.05) is 5.21 Å². The van der Waals surface area contributed by atoms with Crippen LogP contribution < -0.4 is 5.14 Å². The van der Waals surface area contributed by atoms with Crippen LogP contribution >= 0.6 is 0 Å². The average Bonchev–Trinajstić information content (AvgIpc) is 2.80. The van der Waals surface area contributed by atoms with E-state index in [4.69, 9.17) is 10.2 Å². The van der Waals surface area contributed by atoms with Crippen LogP contribution in [0.4, 0.5) is 0 Å². The first-order chi connectivity index (χ1) is 8.97. The van der Waals surface area contributed by atoms with E-state index in [2.05, 4.69) is 10.3 Å². The maximum atomic E-state index is 11.1. The number of sulfonamides is 1. The highest BCUT2D eigenvalue weighted by atomic mass is 32.2. The molecule has 0 spiro atoms. The third-order valence-electron chi connectivity index (χ3n) is 2.55. The maximum Gasteiger partial charge on any atom is 0.238 e. The Labute approximate surface area is 109 Å². The summed E-state index contributed by atoms with van der Waals surface area (Å²) in [6.45, 7) is -0.689. The SMILES string of the molecule is NS(=O)(=O)c1ccc(-n2nnc(CO)c2CO)cc1. The standard InChI is InChI=1S/C10H12N4O4S/c11-19(17,18)8-3-1-7(2-4-8)14-10(6-16)9(5-15)12-13-14/h1-4,15-16H,5-6H2,(H2,11,17,18). The Morgan fingerprint density at radius 2 is 1.79 bits per heavy atom. The zero-order valence-corrected chi connectivity index (χ0v) is 10.6. The van der Waals surface area contributed by atoms with E-state index >= 15 is 0 Å². The van der Waals surface area contributed by atoms with Crippen LogP contribution in [0.1, 0.15) is 11.4 Å². The first-order valence-electron chi connectivity index (χ1n) is 5.25. The summed E-state index contributed by atoms with van der Waals surface area (Å²) in [4.78, 5) is -0.0238. The van der Waals surface area contributed by atoms with E-state index in [1.165, 1.54) is 28.9 Å². The molecule has 0 saturated carbocycles. The molecule has 1 aromatic heterocycles. The number of hydrogen-bond donors (Lipinski definition) is 3. The van der Waals surface area contributed by atoms with Gasteiger partial charge in [-0.05, 0) is 24.3 Å². The number of primary sulfonamides is 1. The van der Waals surface area contributed by atoms with Crippen molar-refractivity contribution in [3.05, 3.63) is 35.7 Å². The van der Waals surface area contributed by atoms with Crippen molar-refractivity contribution in [2.75, 3.05) is 0 Å². The molecule has 1 heterocycles. The zero-order valence-electron chi connectivity index (χ0n) is 9.76. The third-order valence-corrected chi connectivity index (χ3v) is 3.48. The van der Waals surface area contributed by atoms with Gasteiger partial charge in [-0.3, -0.25) is 0 Å². The van der Waals surface area contributed by atoms with E-state index in [-0.39, 0.29) is 23.8 Å². The van der Waals surface area contributed by atoms with Crippen LogP contribution in [0.25, 0.3) is 5.69 Å². The van der Waals surface area contributed by atoms with Crippen LogP contribution in [-0.2, 0) is 23.2 Å². The molecule has 0 fully saturated rings. The van der Waals surface area contributed by atoms with Crippen LogP contribution in [0.2, 0.25) is 0 Å². The molecule has 0 aliphatic carbocycles. The predicted molar refractivity (Wildman–Crippen MR) is 64.6 cm³/mol. The second-order valence-electron chi connectivity index (χ2n) is 3.75. The molecule has 0 unspecified atom stereocenters. The van der Waals surface area contributed by atoms with Crippen molar-refractivity contribution in [2.24, 2.45) is 5.14 Å². The van der Waals surface area contributed by atoms with Crippen molar-refractivity contribution in [2.45, 2.75) is 18.1 Å². The smallest absolute Gasteiger partial charge is 0.238 e. The fourth-order valence-electron chi connectivity index (χ4n) is 1.60. The number of rotatable bonds is 4. The Morgan fingerprint density at radius 1 is 1.16 bits per heavy atom. The zero-order chi connectivity index (χ0) is 14.0. The quantitative estimate of drug-likeness (QED) is 0.653. The average molecular weight is 284 g/mol. The van der Waals surface area contributed by atoms with Crippen LogP contribution in [-0.4, -0.2) is 33.6 Å². The molecule has 0 aliphatic heterocycles. The molecule has 0 aliphatic rings. The summed E-state index contributed by atoms with van der Waals surface area (Å²) in [5.41, 5.74) is 1.10. The van der Waals surface area contributed by atoms with Crippen molar-refractivity contribution in [1.29, 1.82) is 0 Å². The lowest BCUT2D eigenvalue weighted by Crippen LogP contribution is -2.12. The molecular formula is C10H12N4O4S. The van der Waals surface area contributed by atoms with Crippen LogP contribution in [0.5, 0.6) is 0 Å². The van der Waals surface area contributed by atoms with Crippen molar-refractivity contribution < 1.29 is 18.6 Å². The van der Waals surface area contributed by atoms with E-state index in [1.54, 1.807) is 0 Å². The number of benzene rings is 1. The summed E-state index contributed by atoms with van der Waals surface area (Å²) in [6.07, 6.45) is 0. The van der Waals surface area contributed by atoms with Crippen LogP contribution in [0, 0.1) is 0 Å². The minimum absolute atomic E-state index is 0.0238. The Morgan fingerprint density at radius 3 is 2.26 bits per heavy atom. The minimum atomic E-state index is -3.75. The minimum Gasteiger partial charge on any atom is -0.390 e. The van der Waals surface area contributed by atoms with Crippen molar-refractivity contribution in [3.63, 3.8) is 0 Å². The van der Waals surface area contributed by atoms with Crippen LogP contribution in [0.15, 0.2) is 29.2 Å². The summed E-state index contributed by atoms with van der Waals surface area (Å²) < 4.78 is 23.6. The number of aliphatic hydroxyl groups is 2. The van der Waals surface area contributed by atoms with Gasteiger partial charge in [-0.25, -0.2) is 18.2 Å². The van der Waals surface area contributed by atoms with Crippen molar-refractivity contribution in [3.8, 4) is 5.69 Å². The highest BCUT2D eigenvalue weighted by Crippen LogP contribution is 2.15. The van der Waals surface area contributed by atoms with E-state index in [1.807, 2.05) is 0 Å². The molecule has 4 N–H and O–H groups in total. The molecule has 0 radical (unpaired) electrons. The van der Waals surface area contributed by atoms with Gasteiger partial charge in [0.2, 0.25) is 10.0 Å². The first-order valence-corrected chi connectivity index (χ1v) is 6.80. The van der Waals surface area contributed by atoms with E-state index in [0.717, 1.165) is 0 Å². The molecule has 19 heavy (non-hydrogen) atoms. The number of nitrogens with two attached hydrogens (primary N) is 1. The van der Waals surface area contributed by atoms with Gasteiger partial charge in [0, 0.05) is 0 Å². The highest BCUT2D eigenvalue weighted by molar-refractivity contribution is 7.89. The molecular weight excluding hydrogens is 272 g/mol. The summed E-state index contributed by atoms with van der Waals surface area (Å²) in [7, 11) is -3.75. The topological polar surface area (TPSA) is 131 Å². The van der Waals surface area contributed by atoms with Crippen molar-refractivity contribution in [1.82, 2.24) is 15.0 Å². The number of aliphatic hydroxyl groups excluding tert-OH is 2. The van der Waals surface area contributed by atoms with Gasteiger partial charge in [-0.2, -0.15) is 0 Å².